The van der Waals surface area contributed by atoms with Crippen LogP contribution in [-0.4, -0.2) is 16.7 Å². The molecular formula is C24H15NO7. The van der Waals surface area contributed by atoms with Gasteiger partial charge in [0, 0.05) is 28.6 Å². The number of nitrogens with zero attached hydrogens (tertiary/aromatic N) is 1. The molecule has 32 heavy (non-hydrogen) atoms. The van der Waals surface area contributed by atoms with Crippen LogP contribution in [0.1, 0.15) is 32.4 Å². The maximum Gasteiger partial charge on any atom is 0.351 e. The van der Waals surface area contributed by atoms with Crippen molar-refractivity contribution in [2.24, 2.45) is 0 Å². The number of benzene rings is 3. The van der Waals surface area contributed by atoms with Gasteiger partial charge in [-0.3, -0.25) is 14.9 Å². The van der Waals surface area contributed by atoms with Crippen molar-refractivity contribution >= 4 is 28.4 Å². The van der Waals surface area contributed by atoms with E-state index >= 15 is 0 Å². The van der Waals surface area contributed by atoms with Gasteiger partial charge in [0.2, 0.25) is 5.78 Å². The second-order valence-corrected chi connectivity index (χ2v) is 6.85. The number of para-hydroxylation sites is 1. The van der Waals surface area contributed by atoms with Crippen LogP contribution in [0.3, 0.4) is 0 Å². The molecule has 3 aromatic carbocycles. The van der Waals surface area contributed by atoms with Crippen LogP contribution < -0.4 is 5.63 Å². The van der Waals surface area contributed by atoms with Gasteiger partial charge in [-0.2, -0.15) is 0 Å². The van der Waals surface area contributed by atoms with Crippen molar-refractivity contribution in [3.63, 3.8) is 0 Å². The summed E-state index contributed by atoms with van der Waals surface area (Å²) in [7, 11) is 0. The molecule has 0 aliphatic heterocycles. The van der Waals surface area contributed by atoms with Crippen LogP contribution in [-0.2, 0) is 4.74 Å². The van der Waals surface area contributed by atoms with E-state index in [1.54, 1.807) is 54.6 Å². The highest BCUT2D eigenvalue weighted by Gasteiger charge is 2.28. The summed E-state index contributed by atoms with van der Waals surface area (Å²) >= 11 is 0. The summed E-state index contributed by atoms with van der Waals surface area (Å²) in [5.41, 5.74) is -0.639. The van der Waals surface area contributed by atoms with Crippen LogP contribution in [0.15, 0.2) is 94.1 Å². The van der Waals surface area contributed by atoms with Gasteiger partial charge >= 0.3 is 11.6 Å². The number of carbonyl (C=O) groups excluding carboxylic acids is 2. The zero-order chi connectivity index (χ0) is 22.7. The molecule has 4 rings (SSSR count). The molecule has 0 saturated heterocycles. The van der Waals surface area contributed by atoms with Crippen molar-refractivity contribution in [2.45, 2.75) is 6.10 Å². The first kappa shape index (κ1) is 20.7. The van der Waals surface area contributed by atoms with Crippen LogP contribution in [0.4, 0.5) is 5.69 Å². The summed E-state index contributed by atoms with van der Waals surface area (Å²) in [5, 5.41) is 11.5. The van der Waals surface area contributed by atoms with E-state index in [-0.39, 0.29) is 22.4 Å². The Hall–Kier alpha value is -4.59. The third kappa shape index (κ3) is 4.15. The van der Waals surface area contributed by atoms with E-state index in [1.165, 1.54) is 30.3 Å². The maximum absolute atomic E-state index is 13.1. The van der Waals surface area contributed by atoms with Gasteiger partial charge in [0.05, 0.1) is 4.92 Å². The van der Waals surface area contributed by atoms with Crippen molar-refractivity contribution in [1.82, 2.24) is 0 Å². The Kier molecular flexibility index (Phi) is 5.59. The minimum Gasteiger partial charge on any atom is -0.445 e. The van der Waals surface area contributed by atoms with E-state index in [9.17, 15) is 24.5 Å². The number of fused-ring (bicyclic) bond motifs is 1. The van der Waals surface area contributed by atoms with Crippen LogP contribution in [0.25, 0.3) is 11.0 Å². The van der Waals surface area contributed by atoms with Crippen LogP contribution in [0.2, 0.25) is 0 Å². The quantitative estimate of drug-likeness (QED) is 0.146. The first-order chi connectivity index (χ1) is 15.4. The number of hydrogen-bond acceptors (Lipinski definition) is 7. The SMILES string of the molecule is O=C(OC(C(=O)c1ccccc1)c1ccc([N+](=O)[O-])cc1)c1cc2ccccc2oc1=O. The Morgan fingerprint density at radius 3 is 2.25 bits per heavy atom. The Bertz CT molecular complexity index is 1380. The highest BCUT2D eigenvalue weighted by molar-refractivity contribution is 6.02. The lowest BCUT2D eigenvalue weighted by Gasteiger charge is -2.17. The highest BCUT2D eigenvalue weighted by atomic mass is 16.6. The summed E-state index contributed by atoms with van der Waals surface area (Å²) in [4.78, 5) is 48.7. The van der Waals surface area contributed by atoms with Crippen molar-refractivity contribution in [3.8, 4) is 0 Å². The number of hydrogen-bond donors (Lipinski definition) is 0. The van der Waals surface area contributed by atoms with Crippen molar-refractivity contribution in [3.05, 3.63) is 122 Å². The number of Topliss-reactive ketones (excluding diaryl/α,β-unsaturated/α-hetero) is 1. The third-order valence-electron chi connectivity index (χ3n) is 4.79. The predicted molar refractivity (Wildman–Crippen MR) is 115 cm³/mol. The molecule has 1 heterocycles. The number of rotatable bonds is 6. The molecule has 0 aliphatic carbocycles. The van der Waals surface area contributed by atoms with Gasteiger partial charge in [0.15, 0.2) is 6.10 Å². The molecule has 1 atom stereocenters. The Balaban J connectivity index is 1.72. The third-order valence-corrected chi connectivity index (χ3v) is 4.79. The topological polar surface area (TPSA) is 117 Å². The highest BCUT2D eigenvalue weighted by Crippen LogP contribution is 2.26. The molecule has 0 N–H and O–H groups in total. The van der Waals surface area contributed by atoms with Gasteiger partial charge in [-0.15, -0.1) is 0 Å². The Morgan fingerprint density at radius 1 is 0.906 bits per heavy atom. The normalized spacial score (nSPS) is 11.6. The van der Waals surface area contributed by atoms with Gasteiger partial charge in [0.25, 0.3) is 5.69 Å². The van der Waals surface area contributed by atoms with Crippen LogP contribution in [0, 0.1) is 10.1 Å². The lowest BCUT2D eigenvalue weighted by molar-refractivity contribution is -0.384. The summed E-state index contributed by atoms with van der Waals surface area (Å²) in [6.45, 7) is 0. The van der Waals surface area contributed by atoms with E-state index in [0.29, 0.717) is 11.0 Å². The summed E-state index contributed by atoms with van der Waals surface area (Å²) < 4.78 is 10.6. The molecule has 0 fully saturated rings. The van der Waals surface area contributed by atoms with Gasteiger partial charge in [-0.1, -0.05) is 48.5 Å². The number of nitro benzene ring substituents is 1. The number of nitro groups is 1. The van der Waals surface area contributed by atoms with E-state index in [0.717, 1.165) is 0 Å². The lowest BCUT2D eigenvalue weighted by atomic mass is 9.99. The molecule has 0 amide bonds. The van der Waals surface area contributed by atoms with Crippen molar-refractivity contribution in [2.75, 3.05) is 0 Å². The fourth-order valence-corrected chi connectivity index (χ4v) is 3.17. The average molecular weight is 429 g/mol. The van der Waals surface area contributed by atoms with Gasteiger partial charge < -0.3 is 9.15 Å². The molecule has 4 aromatic rings. The number of non-ortho nitro benzene ring substituents is 1. The zero-order valence-corrected chi connectivity index (χ0v) is 16.5. The van der Waals surface area contributed by atoms with E-state index in [1.807, 2.05) is 0 Å². The van der Waals surface area contributed by atoms with Crippen molar-refractivity contribution in [1.29, 1.82) is 0 Å². The fraction of sp³-hybridized carbons (Fsp3) is 0.0417. The van der Waals surface area contributed by atoms with Gasteiger partial charge in [-0.25, -0.2) is 9.59 Å². The zero-order valence-electron chi connectivity index (χ0n) is 16.5. The minimum atomic E-state index is -1.42. The van der Waals surface area contributed by atoms with Crippen LogP contribution in [0.5, 0.6) is 0 Å². The molecule has 8 nitrogen and oxygen atoms in total. The molecule has 8 heteroatoms. The number of ether oxygens (including phenoxy) is 1. The second kappa shape index (κ2) is 8.65. The minimum absolute atomic E-state index is 0.179. The molecule has 0 bridgehead atoms. The molecule has 0 spiro atoms. The molecule has 158 valence electrons. The lowest BCUT2D eigenvalue weighted by Crippen LogP contribution is -2.23. The molecular weight excluding hydrogens is 414 g/mol. The molecule has 1 aromatic heterocycles. The molecule has 0 saturated carbocycles. The van der Waals surface area contributed by atoms with Crippen molar-refractivity contribution < 1.29 is 23.7 Å². The fourth-order valence-electron chi connectivity index (χ4n) is 3.17. The van der Waals surface area contributed by atoms with E-state index in [2.05, 4.69) is 0 Å². The summed E-state index contributed by atoms with van der Waals surface area (Å²) in [6.07, 6.45) is -1.42. The first-order valence-electron chi connectivity index (χ1n) is 9.51. The van der Waals surface area contributed by atoms with Crippen LogP contribution >= 0.6 is 0 Å². The average Bonchev–Trinajstić information content (AvgIpc) is 2.82. The van der Waals surface area contributed by atoms with E-state index < -0.39 is 28.4 Å². The monoisotopic (exact) mass is 429 g/mol. The standard InChI is InChI=1S/C24H15NO7/c26-21(15-6-2-1-3-7-15)22(16-10-12-18(13-11-16)25(29)30)32-24(28)19-14-17-8-4-5-9-20(17)31-23(19)27/h1-14,22H. The number of esters is 1. The van der Waals surface area contributed by atoms with Gasteiger partial charge in [-0.05, 0) is 24.3 Å². The molecule has 0 aliphatic rings. The molecule has 1 unspecified atom stereocenters. The summed E-state index contributed by atoms with van der Waals surface area (Å²) in [6, 6.07) is 21.2. The second-order valence-electron chi connectivity index (χ2n) is 6.85. The smallest absolute Gasteiger partial charge is 0.351 e. The number of ketones is 1. The Labute approximate surface area is 180 Å². The Morgan fingerprint density at radius 2 is 1.56 bits per heavy atom. The molecule has 0 radical (unpaired) electrons. The maximum atomic E-state index is 13.1. The summed E-state index contributed by atoms with van der Waals surface area (Å²) in [5.74, 6) is -1.59. The number of carbonyl (C=O) groups is 2. The largest absolute Gasteiger partial charge is 0.445 e. The predicted octanol–water partition coefficient (Wildman–Crippen LogP) is 4.48. The van der Waals surface area contributed by atoms with Gasteiger partial charge in [0.1, 0.15) is 11.1 Å². The van der Waals surface area contributed by atoms with E-state index in [4.69, 9.17) is 9.15 Å². The first-order valence-corrected chi connectivity index (χ1v) is 9.51.